The standard InChI is InChI=1S/C22H17ClF2N6/c1-30(21-17-7-6-15(23)10-19(17)31(12-26)22(27)29-21)16-4-2-3-13(9-16)14-5-8-18(20(24)25)28-11-14/h2-12,20,26-27H,1H3. The Kier molecular flexibility index (Phi) is 5.48. The first-order valence-electron chi connectivity index (χ1n) is 9.24. The molecule has 0 radical (unpaired) electrons. The monoisotopic (exact) mass is 438 g/mol. The zero-order valence-electron chi connectivity index (χ0n) is 16.4. The largest absolute Gasteiger partial charge is 0.329 e. The molecule has 31 heavy (non-hydrogen) atoms. The number of aromatic nitrogens is 3. The van der Waals surface area contributed by atoms with Gasteiger partial charge in [-0.2, -0.15) is 4.98 Å². The second-order valence-electron chi connectivity index (χ2n) is 6.80. The summed E-state index contributed by atoms with van der Waals surface area (Å²) in [4.78, 5) is 10.0. The summed E-state index contributed by atoms with van der Waals surface area (Å²) in [6.07, 6.45) is -0.164. The lowest BCUT2D eigenvalue weighted by Gasteiger charge is -2.22. The summed E-state index contributed by atoms with van der Waals surface area (Å²) in [5, 5.41) is 17.0. The van der Waals surface area contributed by atoms with E-state index < -0.39 is 6.43 Å². The molecule has 6 nitrogen and oxygen atoms in total. The molecule has 4 aromatic rings. The molecule has 0 amide bonds. The molecule has 0 aliphatic heterocycles. The van der Waals surface area contributed by atoms with Crippen molar-refractivity contribution in [2.75, 3.05) is 11.9 Å². The molecule has 156 valence electrons. The SMILES string of the molecule is CN(c1cccc(-c2ccc(C(F)F)nc2)c1)c1nc(=N)n(C=N)c2cc(Cl)ccc12. The van der Waals surface area contributed by atoms with E-state index in [4.69, 9.17) is 22.4 Å². The first-order chi connectivity index (χ1) is 14.9. The van der Waals surface area contributed by atoms with Crippen molar-refractivity contribution in [2.45, 2.75) is 6.43 Å². The summed E-state index contributed by atoms with van der Waals surface area (Å²) in [7, 11) is 1.82. The molecule has 0 aliphatic rings. The van der Waals surface area contributed by atoms with E-state index in [1.165, 1.54) is 16.8 Å². The van der Waals surface area contributed by atoms with Crippen LogP contribution in [0.15, 0.2) is 60.8 Å². The molecule has 0 atom stereocenters. The highest BCUT2D eigenvalue weighted by atomic mass is 35.5. The van der Waals surface area contributed by atoms with Gasteiger partial charge in [-0.25, -0.2) is 8.78 Å². The minimum atomic E-state index is -2.61. The summed E-state index contributed by atoms with van der Waals surface area (Å²) < 4.78 is 26.9. The number of hydrogen-bond acceptors (Lipinski definition) is 5. The van der Waals surface area contributed by atoms with Gasteiger partial charge in [0.05, 0.1) is 11.9 Å². The van der Waals surface area contributed by atoms with E-state index in [1.54, 1.807) is 24.3 Å². The van der Waals surface area contributed by atoms with Gasteiger partial charge in [-0.05, 0) is 42.0 Å². The summed E-state index contributed by atoms with van der Waals surface area (Å²) in [6.45, 7) is 0. The second-order valence-corrected chi connectivity index (χ2v) is 7.24. The number of nitrogens with zero attached hydrogens (tertiary/aromatic N) is 4. The van der Waals surface area contributed by atoms with Crippen molar-refractivity contribution in [3.05, 3.63) is 77.1 Å². The molecule has 0 fully saturated rings. The van der Waals surface area contributed by atoms with Crippen molar-refractivity contribution in [2.24, 2.45) is 0 Å². The Hall–Kier alpha value is -3.65. The van der Waals surface area contributed by atoms with E-state index in [9.17, 15) is 8.78 Å². The van der Waals surface area contributed by atoms with Crippen LogP contribution in [0, 0.1) is 10.8 Å². The van der Waals surface area contributed by atoms with E-state index in [0.717, 1.165) is 23.0 Å². The molecule has 2 aromatic carbocycles. The maximum Gasteiger partial charge on any atom is 0.280 e. The Morgan fingerprint density at radius 1 is 1.10 bits per heavy atom. The predicted octanol–water partition coefficient (Wildman–Crippen LogP) is 5.39. The molecule has 0 spiro atoms. The molecule has 0 aliphatic carbocycles. The van der Waals surface area contributed by atoms with Gasteiger partial charge in [0.25, 0.3) is 6.43 Å². The maximum absolute atomic E-state index is 12.8. The van der Waals surface area contributed by atoms with Gasteiger partial charge in [0.1, 0.15) is 11.5 Å². The van der Waals surface area contributed by atoms with Crippen molar-refractivity contribution < 1.29 is 8.78 Å². The van der Waals surface area contributed by atoms with Gasteiger partial charge in [-0.1, -0.05) is 29.8 Å². The van der Waals surface area contributed by atoms with Crippen LogP contribution >= 0.6 is 11.6 Å². The third-order valence-corrected chi connectivity index (χ3v) is 5.16. The first kappa shape index (κ1) is 20.6. The van der Waals surface area contributed by atoms with Crippen molar-refractivity contribution in [3.63, 3.8) is 0 Å². The number of benzene rings is 2. The summed E-state index contributed by atoms with van der Waals surface area (Å²) in [5.41, 5.74) is 2.52. The number of halogens is 3. The fourth-order valence-electron chi connectivity index (χ4n) is 3.33. The van der Waals surface area contributed by atoms with E-state index in [0.29, 0.717) is 21.9 Å². The Morgan fingerprint density at radius 2 is 1.90 bits per heavy atom. The number of alkyl halides is 2. The van der Waals surface area contributed by atoms with Crippen molar-refractivity contribution in [3.8, 4) is 11.1 Å². The fraction of sp³-hybridized carbons (Fsp3) is 0.0909. The molecule has 2 N–H and O–H groups in total. The highest BCUT2D eigenvalue weighted by Crippen LogP contribution is 2.32. The van der Waals surface area contributed by atoms with Crippen LogP contribution in [0.5, 0.6) is 0 Å². The molecule has 2 aromatic heterocycles. The Balaban J connectivity index is 1.80. The van der Waals surface area contributed by atoms with Gasteiger partial charge < -0.3 is 4.90 Å². The number of pyridine rings is 1. The zero-order chi connectivity index (χ0) is 22.1. The van der Waals surface area contributed by atoms with Crippen LogP contribution in [0.1, 0.15) is 12.1 Å². The molecule has 0 saturated heterocycles. The van der Waals surface area contributed by atoms with E-state index in [2.05, 4.69) is 9.97 Å². The lowest BCUT2D eigenvalue weighted by Crippen LogP contribution is -2.26. The molecule has 4 rings (SSSR count). The number of rotatable bonds is 5. The Labute approximate surface area is 181 Å². The number of nitrogens with one attached hydrogen (secondary N) is 2. The summed E-state index contributed by atoms with van der Waals surface area (Å²) in [5.74, 6) is 0.526. The predicted molar refractivity (Wildman–Crippen MR) is 117 cm³/mol. The van der Waals surface area contributed by atoms with E-state index in [-0.39, 0.29) is 11.3 Å². The van der Waals surface area contributed by atoms with Crippen LogP contribution in [-0.2, 0) is 0 Å². The average molecular weight is 439 g/mol. The van der Waals surface area contributed by atoms with Crippen LogP contribution in [0.3, 0.4) is 0 Å². The average Bonchev–Trinajstić information content (AvgIpc) is 2.78. The zero-order valence-corrected chi connectivity index (χ0v) is 17.1. The Morgan fingerprint density at radius 3 is 2.58 bits per heavy atom. The van der Waals surface area contributed by atoms with Crippen LogP contribution < -0.4 is 10.5 Å². The van der Waals surface area contributed by atoms with Crippen LogP contribution in [0.25, 0.3) is 22.0 Å². The number of fused-ring (bicyclic) bond motifs is 1. The molecule has 0 saturated carbocycles. The summed E-state index contributed by atoms with van der Waals surface area (Å²) >= 11 is 6.13. The lowest BCUT2D eigenvalue weighted by molar-refractivity contribution is 0.146. The first-order valence-corrected chi connectivity index (χ1v) is 9.62. The molecular formula is C22H17ClF2N6. The molecule has 0 bridgehead atoms. The quantitative estimate of drug-likeness (QED) is 0.323. The van der Waals surface area contributed by atoms with Gasteiger partial charge in [-0.15, -0.1) is 0 Å². The maximum atomic E-state index is 12.8. The topological polar surface area (TPSA) is 81.7 Å². The molecule has 9 heteroatoms. The molecule has 0 unspecified atom stereocenters. The van der Waals surface area contributed by atoms with Crippen molar-refractivity contribution in [1.29, 1.82) is 10.8 Å². The van der Waals surface area contributed by atoms with E-state index >= 15 is 0 Å². The normalized spacial score (nSPS) is 11.1. The van der Waals surface area contributed by atoms with Crippen molar-refractivity contribution in [1.82, 2.24) is 14.5 Å². The van der Waals surface area contributed by atoms with Crippen molar-refractivity contribution >= 4 is 40.3 Å². The van der Waals surface area contributed by atoms with Gasteiger partial charge in [-0.3, -0.25) is 20.4 Å². The third kappa shape index (κ3) is 3.89. The highest BCUT2D eigenvalue weighted by molar-refractivity contribution is 6.31. The second kappa shape index (κ2) is 8.23. The van der Waals surface area contributed by atoms with Gasteiger partial charge in [0.15, 0.2) is 0 Å². The number of anilines is 2. The van der Waals surface area contributed by atoms with Gasteiger partial charge in [0, 0.05) is 34.9 Å². The van der Waals surface area contributed by atoms with Gasteiger partial charge >= 0.3 is 0 Å². The highest BCUT2D eigenvalue weighted by Gasteiger charge is 2.15. The minimum absolute atomic E-state index is 0.102. The van der Waals surface area contributed by atoms with Crippen LogP contribution in [0.4, 0.5) is 20.3 Å². The third-order valence-electron chi connectivity index (χ3n) is 4.92. The molecular weight excluding hydrogens is 422 g/mol. The molecule has 2 heterocycles. The van der Waals surface area contributed by atoms with E-state index in [1.807, 2.05) is 36.2 Å². The lowest BCUT2D eigenvalue weighted by atomic mass is 10.1. The van der Waals surface area contributed by atoms with Gasteiger partial charge in [0.2, 0.25) is 5.62 Å². The smallest absolute Gasteiger partial charge is 0.280 e. The summed E-state index contributed by atoms with van der Waals surface area (Å²) in [6, 6.07) is 15.6. The van der Waals surface area contributed by atoms with Crippen LogP contribution in [-0.4, -0.2) is 27.9 Å². The number of hydrogen-bond donors (Lipinski definition) is 2. The fourth-order valence-corrected chi connectivity index (χ4v) is 3.50. The Bertz CT molecular complexity index is 1330. The van der Waals surface area contributed by atoms with Crippen LogP contribution in [0.2, 0.25) is 5.02 Å². The minimum Gasteiger partial charge on any atom is -0.329 e.